The maximum atomic E-state index is 11.3. The van der Waals surface area contributed by atoms with E-state index in [1.807, 2.05) is 6.92 Å². The van der Waals surface area contributed by atoms with Gasteiger partial charge in [0.15, 0.2) is 5.75 Å². The van der Waals surface area contributed by atoms with Crippen LogP contribution in [0, 0.1) is 10.1 Å². The second kappa shape index (κ2) is 6.43. The number of hydrogen-bond donors (Lipinski definition) is 2. The Labute approximate surface area is 104 Å². The van der Waals surface area contributed by atoms with Crippen molar-refractivity contribution in [1.82, 2.24) is 0 Å². The Kier molecular flexibility index (Phi) is 4.91. The number of phenols is 1. The maximum Gasteiger partial charge on any atom is 0.411 e. The van der Waals surface area contributed by atoms with E-state index in [0.717, 1.165) is 25.0 Å². The molecule has 0 fully saturated rings. The SMILES string of the molecule is CCCCOC(=O)Nc1ccc(O)c([N+](=O)[O-])c1. The lowest BCUT2D eigenvalue weighted by atomic mass is 10.2. The number of rotatable bonds is 5. The Hall–Kier alpha value is -2.31. The fourth-order valence-electron chi connectivity index (χ4n) is 1.21. The van der Waals surface area contributed by atoms with Crippen LogP contribution in [0.25, 0.3) is 0 Å². The molecule has 18 heavy (non-hydrogen) atoms. The second-order valence-electron chi connectivity index (χ2n) is 3.58. The molecule has 1 aromatic carbocycles. The van der Waals surface area contributed by atoms with Gasteiger partial charge in [-0.3, -0.25) is 15.4 Å². The molecule has 98 valence electrons. The van der Waals surface area contributed by atoms with Crippen LogP contribution >= 0.6 is 0 Å². The number of nitrogens with one attached hydrogen (secondary N) is 1. The van der Waals surface area contributed by atoms with Crippen LogP contribution < -0.4 is 5.32 Å². The van der Waals surface area contributed by atoms with E-state index in [0.29, 0.717) is 6.61 Å². The lowest BCUT2D eigenvalue weighted by Gasteiger charge is -2.06. The van der Waals surface area contributed by atoms with Crippen LogP contribution in [0.1, 0.15) is 19.8 Å². The molecule has 0 aromatic heterocycles. The first-order valence-electron chi connectivity index (χ1n) is 5.45. The highest BCUT2D eigenvalue weighted by Crippen LogP contribution is 2.28. The summed E-state index contributed by atoms with van der Waals surface area (Å²) in [6, 6.07) is 3.56. The molecule has 0 radical (unpaired) electrons. The van der Waals surface area contributed by atoms with Gasteiger partial charge in [-0.25, -0.2) is 4.79 Å². The summed E-state index contributed by atoms with van der Waals surface area (Å²) in [5, 5.41) is 22.1. The molecule has 0 aliphatic rings. The quantitative estimate of drug-likeness (QED) is 0.364. The summed E-state index contributed by atoms with van der Waals surface area (Å²) in [4.78, 5) is 21.1. The van der Waals surface area contributed by atoms with Gasteiger partial charge in [-0.1, -0.05) is 13.3 Å². The van der Waals surface area contributed by atoms with Crippen LogP contribution in [0.3, 0.4) is 0 Å². The van der Waals surface area contributed by atoms with E-state index in [-0.39, 0.29) is 5.69 Å². The van der Waals surface area contributed by atoms with Crippen molar-refractivity contribution in [2.75, 3.05) is 11.9 Å². The predicted octanol–water partition coefficient (Wildman–Crippen LogP) is 2.65. The van der Waals surface area contributed by atoms with Gasteiger partial charge in [0.25, 0.3) is 0 Å². The zero-order valence-electron chi connectivity index (χ0n) is 9.88. The molecule has 0 bridgehead atoms. The number of hydrogen-bond acceptors (Lipinski definition) is 5. The summed E-state index contributed by atoms with van der Waals surface area (Å²) in [6.45, 7) is 2.26. The van der Waals surface area contributed by atoms with E-state index < -0.39 is 22.5 Å². The summed E-state index contributed by atoms with van der Waals surface area (Å²) >= 11 is 0. The van der Waals surface area contributed by atoms with E-state index in [1.54, 1.807) is 0 Å². The number of nitro benzene ring substituents is 1. The number of benzene rings is 1. The van der Waals surface area contributed by atoms with E-state index >= 15 is 0 Å². The molecule has 1 rings (SSSR count). The fraction of sp³-hybridized carbons (Fsp3) is 0.364. The summed E-state index contributed by atoms with van der Waals surface area (Å²) < 4.78 is 4.83. The minimum atomic E-state index is -0.733. The normalized spacial score (nSPS) is 9.83. The van der Waals surface area contributed by atoms with Gasteiger partial charge in [0.2, 0.25) is 0 Å². The number of phenolic OH excluding ortho intramolecular Hbond substituents is 1. The molecule has 0 aliphatic heterocycles. The van der Waals surface area contributed by atoms with Gasteiger partial charge < -0.3 is 9.84 Å². The summed E-state index contributed by atoms with van der Waals surface area (Å²) in [5.74, 6) is -0.454. The van der Waals surface area contributed by atoms with E-state index in [4.69, 9.17) is 4.74 Å². The van der Waals surface area contributed by atoms with Crippen molar-refractivity contribution in [1.29, 1.82) is 0 Å². The fourth-order valence-corrected chi connectivity index (χ4v) is 1.21. The van der Waals surface area contributed by atoms with E-state index in [9.17, 15) is 20.0 Å². The number of anilines is 1. The first-order valence-corrected chi connectivity index (χ1v) is 5.45. The average Bonchev–Trinajstić information content (AvgIpc) is 2.31. The van der Waals surface area contributed by atoms with Crippen molar-refractivity contribution >= 4 is 17.5 Å². The van der Waals surface area contributed by atoms with Crippen LogP contribution in [0.5, 0.6) is 5.75 Å². The number of ether oxygens (including phenoxy) is 1. The number of nitrogens with zero attached hydrogens (tertiary/aromatic N) is 1. The third kappa shape index (κ3) is 3.93. The lowest BCUT2D eigenvalue weighted by molar-refractivity contribution is -0.385. The zero-order chi connectivity index (χ0) is 13.5. The molecule has 0 atom stereocenters. The monoisotopic (exact) mass is 254 g/mol. The predicted molar refractivity (Wildman–Crippen MR) is 64.6 cm³/mol. The van der Waals surface area contributed by atoms with Gasteiger partial charge in [-0.15, -0.1) is 0 Å². The molecule has 2 N–H and O–H groups in total. The maximum absolute atomic E-state index is 11.3. The van der Waals surface area contributed by atoms with Crippen LogP contribution in [0.2, 0.25) is 0 Å². The molecule has 0 saturated carbocycles. The minimum absolute atomic E-state index is 0.195. The van der Waals surface area contributed by atoms with Crippen molar-refractivity contribution in [3.05, 3.63) is 28.3 Å². The highest BCUT2D eigenvalue weighted by Gasteiger charge is 2.14. The number of amides is 1. The van der Waals surface area contributed by atoms with Crippen molar-refractivity contribution in [3.8, 4) is 5.75 Å². The topological polar surface area (TPSA) is 102 Å². The average molecular weight is 254 g/mol. The first-order chi connectivity index (χ1) is 8.54. The summed E-state index contributed by atoms with van der Waals surface area (Å²) in [7, 11) is 0. The second-order valence-corrected chi connectivity index (χ2v) is 3.58. The minimum Gasteiger partial charge on any atom is -0.502 e. The Morgan fingerprint density at radius 1 is 1.56 bits per heavy atom. The highest BCUT2D eigenvalue weighted by atomic mass is 16.6. The van der Waals surface area contributed by atoms with Crippen LogP contribution in [0.4, 0.5) is 16.2 Å². The Bertz CT molecular complexity index is 447. The highest BCUT2D eigenvalue weighted by molar-refractivity contribution is 5.85. The Morgan fingerprint density at radius 3 is 2.89 bits per heavy atom. The third-order valence-electron chi connectivity index (χ3n) is 2.15. The number of carbonyl (C=O) groups is 1. The van der Waals surface area contributed by atoms with Gasteiger partial charge in [0, 0.05) is 6.07 Å². The summed E-state index contributed by atoms with van der Waals surface area (Å²) in [6.07, 6.45) is 0.977. The number of nitro groups is 1. The van der Waals surface area contributed by atoms with Gasteiger partial charge in [-0.2, -0.15) is 0 Å². The number of unbranched alkanes of at least 4 members (excludes halogenated alkanes) is 1. The largest absolute Gasteiger partial charge is 0.502 e. The third-order valence-corrected chi connectivity index (χ3v) is 2.15. The van der Waals surface area contributed by atoms with Crippen LogP contribution in [-0.2, 0) is 4.74 Å². The molecule has 1 amide bonds. The summed E-state index contributed by atoms with van der Waals surface area (Å²) in [5.41, 5.74) is -0.276. The molecular formula is C11H14N2O5. The Balaban J connectivity index is 2.65. The molecule has 1 aromatic rings. The molecule has 0 saturated heterocycles. The van der Waals surface area contributed by atoms with Gasteiger partial charge in [0.1, 0.15) is 0 Å². The number of carbonyl (C=O) groups excluding carboxylic acids is 1. The van der Waals surface area contributed by atoms with Gasteiger partial charge in [-0.05, 0) is 18.6 Å². The lowest BCUT2D eigenvalue weighted by Crippen LogP contribution is -2.14. The molecule has 0 unspecified atom stereocenters. The van der Waals surface area contributed by atoms with Gasteiger partial charge in [0.05, 0.1) is 17.2 Å². The van der Waals surface area contributed by atoms with E-state index in [2.05, 4.69) is 5.32 Å². The molecule has 7 heteroatoms. The van der Waals surface area contributed by atoms with Crippen molar-refractivity contribution < 1.29 is 19.6 Å². The zero-order valence-corrected chi connectivity index (χ0v) is 9.88. The molecule has 7 nitrogen and oxygen atoms in total. The van der Waals surface area contributed by atoms with E-state index in [1.165, 1.54) is 6.07 Å². The standard InChI is InChI=1S/C11H14N2O5/c1-2-3-6-18-11(15)12-8-4-5-10(14)9(7-8)13(16)17/h4-5,7,14H,2-3,6H2,1H3,(H,12,15). The molecular weight excluding hydrogens is 240 g/mol. The van der Waals surface area contributed by atoms with Crippen LogP contribution in [0.15, 0.2) is 18.2 Å². The van der Waals surface area contributed by atoms with Crippen molar-refractivity contribution in [3.63, 3.8) is 0 Å². The molecule has 0 aliphatic carbocycles. The van der Waals surface area contributed by atoms with Crippen molar-refractivity contribution in [2.24, 2.45) is 0 Å². The Morgan fingerprint density at radius 2 is 2.28 bits per heavy atom. The molecule has 0 spiro atoms. The van der Waals surface area contributed by atoms with Crippen LogP contribution in [-0.4, -0.2) is 22.7 Å². The first kappa shape index (κ1) is 13.8. The number of aromatic hydroxyl groups is 1. The molecule has 0 heterocycles. The smallest absolute Gasteiger partial charge is 0.411 e. The van der Waals surface area contributed by atoms with Gasteiger partial charge >= 0.3 is 11.8 Å². The van der Waals surface area contributed by atoms with Crippen molar-refractivity contribution in [2.45, 2.75) is 19.8 Å².